The van der Waals surface area contributed by atoms with Gasteiger partial charge in [-0.1, -0.05) is 13.5 Å². The summed E-state index contributed by atoms with van der Waals surface area (Å²) < 4.78 is 0. The zero-order valence-electron chi connectivity index (χ0n) is 6.35. The molecular weight excluding hydrogens is 126 g/mol. The normalized spacial score (nSPS) is 11.7. The van der Waals surface area contributed by atoms with Crippen LogP contribution in [0.4, 0.5) is 0 Å². The smallest absolute Gasteiger partial charge is 0.130 e. The lowest BCUT2D eigenvalue weighted by Crippen LogP contribution is -2.02. The van der Waals surface area contributed by atoms with E-state index in [0.717, 1.165) is 0 Å². The second kappa shape index (κ2) is 3.84. The van der Waals surface area contributed by atoms with E-state index in [1.807, 2.05) is 13.0 Å². The molecule has 0 saturated carbocycles. The van der Waals surface area contributed by atoms with Gasteiger partial charge in [-0.05, 0) is 12.8 Å². The molecule has 0 bridgehead atoms. The summed E-state index contributed by atoms with van der Waals surface area (Å²) in [6.45, 7) is 6.85. The van der Waals surface area contributed by atoms with Crippen molar-refractivity contribution in [3.05, 3.63) is 12.2 Å². The largest absolute Gasteiger partial charge is 0.300 e. The number of carbonyl (C=O) groups is 1. The third-order valence-electron chi connectivity index (χ3n) is 1.33. The Morgan fingerprint density at radius 2 is 2.30 bits per heavy atom. The molecule has 0 aromatic carbocycles. The van der Waals surface area contributed by atoms with Crippen molar-refractivity contribution in [2.45, 2.75) is 20.3 Å². The number of hydrogen-bond acceptors (Lipinski definition) is 2. The van der Waals surface area contributed by atoms with Crippen molar-refractivity contribution in [3.63, 3.8) is 0 Å². The molecule has 0 aromatic rings. The zero-order valence-corrected chi connectivity index (χ0v) is 6.35. The van der Waals surface area contributed by atoms with E-state index in [0.29, 0.717) is 12.0 Å². The van der Waals surface area contributed by atoms with Crippen LogP contribution < -0.4 is 0 Å². The first-order valence-electron chi connectivity index (χ1n) is 3.16. The van der Waals surface area contributed by atoms with Crippen molar-refractivity contribution in [2.24, 2.45) is 5.92 Å². The van der Waals surface area contributed by atoms with Gasteiger partial charge in [0, 0.05) is 12.0 Å². The molecule has 0 rings (SSSR count). The zero-order chi connectivity index (χ0) is 8.15. The second-order valence-electron chi connectivity index (χ2n) is 2.44. The van der Waals surface area contributed by atoms with E-state index in [4.69, 9.17) is 5.26 Å². The highest BCUT2D eigenvalue weighted by Crippen LogP contribution is 2.11. The molecule has 0 fully saturated rings. The Labute approximate surface area is 61.2 Å². The van der Waals surface area contributed by atoms with Gasteiger partial charge in [0.05, 0.1) is 6.07 Å². The molecule has 0 aliphatic heterocycles. The summed E-state index contributed by atoms with van der Waals surface area (Å²) >= 11 is 0. The van der Waals surface area contributed by atoms with Gasteiger partial charge in [-0.15, -0.1) is 0 Å². The first kappa shape index (κ1) is 8.90. The summed E-state index contributed by atoms with van der Waals surface area (Å²) in [5, 5.41) is 8.36. The Morgan fingerprint density at radius 1 is 1.80 bits per heavy atom. The Kier molecular flexibility index (Phi) is 3.42. The molecule has 2 nitrogen and oxygen atoms in total. The molecule has 0 heterocycles. The summed E-state index contributed by atoms with van der Waals surface area (Å²) in [5.74, 6) is 0.103. The van der Waals surface area contributed by atoms with E-state index in [1.54, 1.807) is 0 Å². The maximum atomic E-state index is 10.5. The molecule has 0 radical (unpaired) electrons. The first-order valence-corrected chi connectivity index (χ1v) is 3.16. The number of ketones is 1. The van der Waals surface area contributed by atoms with E-state index < -0.39 is 0 Å². The van der Waals surface area contributed by atoms with Gasteiger partial charge in [-0.3, -0.25) is 0 Å². The molecular formula is C8H11NO. The fourth-order valence-electron chi connectivity index (χ4n) is 0.665. The van der Waals surface area contributed by atoms with Gasteiger partial charge in [0.2, 0.25) is 0 Å². The van der Waals surface area contributed by atoms with Crippen LogP contribution >= 0.6 is 0 Å². The second-order valence-corrected chi connectivity index (χ2v) is 2.44. The summed E-state index contributed by atoms with van der Waals surface area (Å²) in [7, 11) is 0. The number of rotatable bonds is 3. The average Bonchev–Trinajstić information content (AvgIpc) is 1.85. The van der Waals surface area contributed by atoms with Crippen LogP contribution in [-0.2, 0) is 4.79 Å². The predicted molar refractivity (Wildman–Crippen MR) is 39.2 cm³/mol. The summed E-state index contributed by atoms with van der Waals surface area (Å²) in [6.07, 6.45) is 0.423. The van der Waals surface area contributed by atoms with Crippen LogP contribution in [0.3, 0.4) is 0 Å². The van der Waals surface area contributed by atoms with Crippen molar-refractivity contribution in [2.75, 3.05) is 0 Å². The van der Waals surface area contributed by atoms with Gasteiger partial charge < -0.3 is 4.79 Å². The minimum Gasteiger partial charge on any atom is -0.300 e. The Balaban J connectivity index is 3.88. The van der Waals surface area contributed by atoms with Crippen LogP contribution in [-0.4, -0.2) is 5.78 Å². The van der Waals surface area contributed by atoms with Gasteiger partial charge in [-0.25, -0.2) is 0 Å². The minimum absolute atomic E-state index is 0.00231. The minimum atomic E-state index is 0.00231. The van der Waals surface area contributed by atoms with Gasteiger partial charge in [-0.2, -0.15) is 5.26 Å². The van der Waals surface area contributed by atoms with Crippen LogP contribution in [0, 0.1) is 17.2 Å². The fraction of sp³-hybridized carbons (Fsp3) is 0.500. The van der Waals surface area contributed by atoms with Crippen molar-refractivity contribution in [1.82, 2.24) is 0 Å². The number of nitrogens with zero attached hydrogens (tertiary/aromatic N) is 1. The lowest BCUT2D eigenvalue weighted by Gasteiger charge is -2.03. The lowest BCUT2D eigenvalue weighted by molar-refractivity contribution is -0.117. The molecule has 0 aliphatic carbocycles. The van der Waals surface area contributed by atoms with E-state index in [9.17, 15) is 4.79 Å². The molecule has 1 atom stereocenters. The van der Waals surface area contributed by atoms with Crippen molar-refractivity contribution < 1.29 is 4.79 Å². The summed E-state index contributed by atoms with van der Waals surface area (Å²) in [4.78, 5) is 10.5. The molecule has 0 aliphatic rings. The van der Waals surface area contributed by atoms with Gasteiger partial charge in [0.15, 0.2) is 0 Å². The number of carbonyl (C=O) groups excluding carboxylic acids is 1. The van der Waals surface area contributed by atoms with E-state index in [2.05, 4.69) is 6.58 Å². The molecule has 10 heavy (non-hydrogen) atoms. The molecule has 0 spiro atoms. The fourth-order valence-corrected chi connectivity index (χ4v) is 0.665. The van der Waals surface area contributed by atoms with E-state index >= 15 is 0 Å². The first-order chi connectivity index (χ1) is 4.57. The third kappa shape index (κ3) is 3.03. The summed E-state index contributed by atoms with van der Waals surface area (Å²) in [5.41, 5.74) is 0.482. The van der Waals surface area contributed by atoms with Gasteiger partial charge in [0.1, 0.15) is 5.78 Å². The van der Waals surface area contributed by atoms with E-state index in [1.165, 1.54) is 6.92 Å². The molecule has 0 amide bonds. The Bertz CT molecular complexity index is 188. The van der Waals surface area contributed by atoms with E-state index in [-0.39, 0.29) is 11.7 Å². The number of nitriles is 1. The monoisotopic (exact) mass is 137 g/mol. The predicted octanol–water partition coefficient (Wildman–Crippen LogP) is 1.68. The van der Waals surface area contributed by atoms with Gasteiger partial charge >= 0.3 is 0 Å². The SMILES string of the molecule is C=C(C#N)[C@@H](C)CC(C)=O. The Hall–Kier alpha value is -1.10. The highest BCUT2D eigenvalue weighted by atomic mass is 16.1. The molecule has 0 aromatic heterocycles. The Morgan fingerprint density at radius 3 is 2.60 bits per heavy atom. The lowest BCUT2D eigenvalue weighted by atomic mass is 9.98. The molecule has 0 unspecified atom stereocenters. The number of hydrogen-bond donors (Lipinski definition) is 0. The quantitative estimate of drug-likeness (QED) is 0.555. The maximum Gasteiger partial charge on any atom is 0.130 e. The van der Waals surface area contributed by atoms with Crippen LogP contribution in [0.2, 0.25) is 0 Å². The maximum absolute atomic E-state index is 10.5. The number of Topliss-reactive ketones (excluding diaryl/α,β-unsaturated/α-hetero) is 1. The van der Waals surface area contributed by atoms with Gasteiger partial charge in [0.25, 0.3) is 0 Å². The van der Waals surface area contributed by atoms with Crippen LogP contribution in [0.1, 0.15) is 20.3 Å². The van der Waals surface area contributed by atoms with Crippen molar-refractivity contribution in [3.8, 4) is 6.07 Å². The third-order valence-corrected chi connectivity index (χ3v) is 1.33. The molecule has 0 N–H and O–H groups in total. The van der Waals surface area contributed by atoms with Crippen LogP contribution in [0.15, 0.2) is 12.2 Å². The van der Waals surface area contributed by atoms with Crippen molar-refractivity contribution >= 4 is 5.78 Å². The number of allylic oxidation sites excluding steroid dienone is 1. The summed E-state index contributed by atoms with van der Waals surface area (Å²) in [6, 6.07) is 1.92. The highest BCUT2D eigenvalue weighted by molar-refractivity contribution is 5.76. The standard InChI is InChI=1S/C8H11NO/c1-6(4-8(3)10)7(2)5-9/h6H,2,4H2,1,3H3/t6-/m0/s1. The topological polar surface area (TPSA) is 40.9 Å². The average molecular weight is 137 g/mol. The molecule has 0 saturated heterocycles. The van der Waals surface area contributed by atoms with Crippen LogP contribution in [0.5, 0.6) is 0 Å². The molecule has 54 valence electrons. The molecule has 2 heteroatoms. The van der Waals surface area contributed by atoms with Crippen LogP contribution in [0.25, 0.3) is 0 Å². The van der Waals surface area contributed by atoms with Crippen molar-refractivity contribution in [1.29, 1.82) is 5.26 Å². The highest BCUT2D eigenvalue weighted by Gasteiger charge is 2.07.